The molecule has 0 unspecified atom stereocenters. The minimum absolute atomic E-state index is 0.242. The molecule has 4 nitrogen and oxygen atoms in total. The molecule has 0 saturated carbocycles. The fraction of sp³-hybridized carbons (Fsp3) is 0.562. The first-order valence-corrected chi connectivity index (χ1v) is 7.15. The molecule has 0 aromatic heterocycles. The summed E-state index contributed by atoms with van der Waals surface area (Å²) in [5, 5.41) is 8.69. The molecule has 0 aliphatic rings. The van der Waals surface area contributed by atoms with Crippen LogP contribution in [0.25, 0.3) is 0 Å². The smallest absolute Gasteiger partial charge is 0.303 e. The monoisotopic (exact) mass is 279 g/mol. The Morgan fingerprint density at radius 1 is 1.35 bits per heavy atom. The highest BCUT2D eigenvalue weighted by Crippen LogP contribution is 2.14. The van der Waals surface area contributed by atoms with Crippen molar-refractivity contribution in [2.24, 2.45) is 0 Å². The summed E-state index contributed by atoms with van der Waals surface area (Å²) in [6.45, 7) is 6.08. The largest absolute Gasteiger partial charge is 0.497 e. The summed E-state index contributed by atoms with van der Waals surface area (Å²) < 4.78 is 5.15. The van der Waals surface area contributed by atoms with Crippen LogP contribution >= 0.6 is 0 Å². The van der Waals surface area contributed by atoms with Crippen LogP contribution in [0.1, 0.15) is 32.3 Å². The third-order valence-electron chi connectivity index (χ3n) is 3.56. The Bertz CT molecular complexity index is 403. The lowest BCUT2D eigenvalue weighted by molar-refractivity contribution is -0.137. The van der Waals surface area contributed by atoms with E-state index in [-0.39, 0.29) is 6.42 Å². The van der Waals surface area contributed by atoms with E-state index in [4.69, 9.17) is 9.84 Å². The Kier molecular flexibility index (Phi) is 7.09. The van der Waals surface area contributed by atoms with Gasteiger partial charge >= 0.3 is 5.97 Å². The fourth-order valence-corrected chi connectivity index (χ4v) is 2.36. The van der Waals surface area contributed by atoms with Crippen molar-refractivity contribution in [1.82, 2.24) is 4.90 Å². The van der Waals surface area contributed by atoms with Crippen LogP contribution in [0.4, 0.5) is 0 Å². The Labute approximate surface area is 121 Å². The Morgan fingerprint density at radius 3 is 2.50 bits per heavy atom. The maximum absolute atomic E-state index is 10.6. The molecule has 1 aromatic rings. The number of likely N-dealkylation sites (N-methyl/N-ethyl adjacent to an activating group) is 1. The van der Waals surface area contributed by atoms with Gasteiger partial charge in [-0.05, 0) is 50.6 Å². The molecule has 4 heteroatoms. The average molecular weight is 279 g/mol. The summed E-state index contributed by atoms with van der Waals surface area (Å²) in [6, 6.07) is 8.52. The van der Waals surface area contributed by atoms with Crippen LogP contribution in [0, 0.1) is 0 Å². The fourth-order valence-electron chi connectivity index (χ4n) is 2.36. The maximum Gasteiger partial charge on any atom is 0.303 e. The van der Waals surface area contributed by atoms with Gasteiger partial charge in [0, 0.05) is 12.5 Å². The SMILES string of the molecule is CCN(CCCC(=O)O)[C@H](C)Cc1ccc(OC)cc1. The molecule has 0 spiro atoms. The second-order valence-corrected chi connectivity index (χ2v) is 5.03. The second kappa shape index (κ2) is 8.59. The molecule has 1 rings (SSSR count). The highest BCUT2D eigenvalue weighted by molar-refractivity contribution is 5.66. The molecule has 0 heterocycles. The number of nitrogens with zero attached hydrogens (tertiary/aromatic N) is 1. The van der Waals surface area contributed by atoms with Gasteiger partial charge in [-0.25, -0.2) is 0 Å². The first-order chi connectivity index (χ1) is 9.56. The molecule has 0 aliphatic carbocycles. The van der Waals surface area contributed by atoms with Gasteiger partial charge < -0.3 is 14.7 Å². The molecular formula is C16H25NO3. The van der Waals surface area contributed by atoms with Gasteiger partial charge in [0.05, 0.1) is 7.11 Å². The molecule has 1 atom stereocenters. The van der Waals surface area contributed by atoms with E-state index in [9.17, 15) is 4.79 Å². The lowest BCUT2D eigenvalue weighted by atomic mass is 10.1. The maximum atomic E-state index is 10.6. The van der Waals surface area contributed by atoms with Gasteiger partial charge in [0.2, 0.25) is 0 Å². The van der Waals surface area contributed by atoms with Gasteiger partial charge in [0.1, 0.15) is 5.75 Å². The highest BCUT2D eigenvalue weighted by Gasteiger charge is 2.13. The number of hydrogen-bond acceptors (Lipinski definition) is 3. The molecule has 1 aromatic carbocycles. The number of ether oxygens (including phenoxy) is 1. The number of methoxy groups -OCH3 is 1. The molecule has 0 fully saturated rings. The third-order valence-corrected chi connectivity index (χ3v) is 3.56. The van der Waals surface area contributed by atoms with E-state index in [1.165, 1.54) is 5.56 Å². The predicted molar refractivity (Wildman–Crippen MR) is 80.3 cm³/mol. The van der Waals surface area contributed by atoms with E-state index < -0.39 is 5.97 Å². The first-order valence-electron chi connectivity index (χ1n) is 7.15. The number of hydrogen-bond donors (Lipinski definition) is 1. The minimum atomic E-state index is -0.719. The molecule has 0 radical (unpaired) electrons. The van der Waals surface area contributed by atoms with Crippen molar-refractivity contribution in [3.8, 4) is 5.75 Å². The van der Waals surface area contributed by atoms with Crippen LogP contribution in [0.2, 0.25) is 0 Å². The number of benzene rings is 1. The van der Waals surface area contributed by atoms with Gasteiger partial charge in [-0.3, -0.25) is 4.79 Å². The molecule has 112 valence electrons. The standard InChI is InChI=1S/C16H25NO3/c1-4-17(11-5-6-16(18)19)13(2)12-14-7-9-15(20-3)10-8-14/h7-10,13H,4-6,11-12H2,1-3H3,(H,18,19)/t13-/m1/s1. The van der Waals surface area contributed by atoms with Gasteiger partial charge in [0.15, 0.2) is 0 Å². The zero-order valence-electron chi connectivity index (χ0n) is 12.6. The summed E-state index contributed by atoms with van der Waals surface area (Å²) in [6.07, 6.45) is 1.91. The van der Waals surface area contributed by atoms with Crippen LogP contribution < -0.4 is 4.74 Å². The zero-order chi connectivity index (χ0) is 15.0. The number of aliphatic carboxylic acids is 1. The van der Waals surface area contributed by atoms with E-state index in [0.29, 0.717) is 12.5 Å². The Morgan fingerprint density at radius 2 is 2.00 bits per heavy atom. The molecule has 0 aliphatic heterocycles. The Hall–Kier alpha value is -1.55. The molecule has 20 heavy (non-hydrogen) atoms. The summed E-state index contributed by atoms with van der Waals surface area (Å²) in [5.41, 5.74) is 1.27. The minimum Gasteiger partial charge on any atom is -0.497 e. The lowest BCUT2D eigenvalue weighted by Crippen LogP contribution is -2.35. The van der Waals surface area contributed by atoms with E-state index in [1.807, 2.05) is 12.1 Å². The van der Waals surface area contributed by atoms with E-state index in [0.717, 1.165) is 25.3 Å². The van der Waals surface area contributed by atoms with Crippen molar-refractivity contribution < 1.29 is 14.6 Å². The second-order valence-electron chi connectivity index (χ2n) is 5.03. The van der Waals surface area contributed by atoms with Crippen LogP contribution in [-0.4, -0.2) is 42.2 Å². The number of carboxylic acids is 1. The molecule has 0 amide bonds. The highest BCUT2D eigenvalue weighted by atomic mass is 16.5. The van der Waals surface area contributed by atoms with Crippen LogP contribution in [0.3, 0.4) is 0 Å². The average Bonchev–Trinajstić information content (AvgIpc) is 2.44. The molecule has 0 saturated heterocycles. The Balaban J connectivity index is 2.48. The zero-order valence-corrected chi connectivity index (χ0v) is 12.6. The number of carbonyl (C=O) groups is 1. The van der Waals surface area contributed by atoms with Crippen molar-refractivity contribution in [3.05, 3.63) is 29.8 Å². The summed E-state index contributed by atoms with van der Waals surface area (Å²) in [5.74, 6) is 0.152. The van der Waals surface area contributed by atoms with Gasteiger partial charge in [-0.2, -0.15) is 0 Å². The van der Waals surface area contributed by atoms with Crippen LogP contribution in [0.5, 0.6) is 5.75 Å². The summed E-state index contributed by atoms with van der Waals surface area (Å²) >= 11 is 0. The molecule has 0 bridgehead atoms. The molecular weight excluding hydrogens is 254 g/mol. The van der Waals surface area contributed by atoms with Crippen LogP contribution in [-0.2, 0) is 11.2 Å². The van der Waals surface area contributed by atoms with E-state index in [2.05, 4.69) is 30.9 Å². The first kappa shape index (κ1) is 16.5. The van der Waals surface area contributed by atoms with Gasteiger partial charge in [0.25, 0.3) is 0 Å². The van der Waals surface area contributed by atoms with Gasteiger partial charge in [-0.1, -0.05) is 19.1 Å². The predicted octanol–water partition coefficient (Wildman–Crippen LogP) is 2.81. The van der Waals surface area contributed by atoms with Gasteiger partial charge in [-0.15, -0.1) is 0 Å². The quantitative estimate of drug-likeness (QED) is 0.755. The summed E-state index contributed by atoms with van der Waals surface area (Å²) in [4.78, 5) is 12.9. The van der Waals surface area contributed by atoms with E-state index in [1.54, 1.807) is 7.11 Å². The van der Waals surface area contributed by atoms with Crippen molar-refractivity contribution in [2.75, 3.05) is 20.2 Å². The van der Waals surface area contributed by atoms with Crippen LogP contribution in [0.15, 0.2) is 24.3 Å². The topological polar surface area (TPSA) is 49.8 Å². The van der Waals surface area contributed by atoms with Crippen molar-refractivity contribution in [3.63, 3.8) is 0 Å². The normalized spacial score (nSPS) is 12.4. The van der Waals surface area contributed by atoms with E-state index >= 15 is 0 Å². The molecule has 1 N–H and O–H groups in total. The van der Waals surface area contributed by atoms with Crippen molar-refractivity contribution in [1.29, 1.82) is 0 Å². The van der Waals surface area contributed by atoms with Crippen molar-refractivity contribution >= 4 is 5.97 Å². The lowest BCUT2D eigenvalue weighted by Gasteiger charge is -2.27. The van der Waals surface area contributed by atoms with Crippen molar-refractivity contribution in [2.45, 2.75) is 39.2 Å². The number of carboxylic acid groups (broad SMARTS) is 1. The third kappa shape index (κ3) is 5.61. The summed E-state index contributed by atoms with van der Waals surface area (Å²) in [7, 11) is 1.67. The number of rotatable bonds is 9.